The number of hydrogen-bond acceptors (Lipinski definition) is 7. The summed E-state index contributed by atoms with van der Waals surface area (Å²) in [6, 6.07) is 17.7. The van der Waals surface area contributed by atoms with Crippen molar-refractivity contribution >= 4 is 45.8 Å². The van der Waals surface area contributed by atoms with Crippen molar-refractivity contribution < 1.29 is 19.1 Å². The zero-order valence-corrected chi connectivity index (χ0v) is 22.2. The fourth-order valence-corrected chi connectivity index (χ4v) is 5.07. The number of rotatable bonds is 6. The molecular weight excluding hydrogens is 526 g/mol. The molecule has 5 rings (SSSR count). The molecule has 0 bridgehead atoms. The van der Waals surface area contributed by atoms with Crippen LogP contribution in [0.5, 0.6) is 11.5 Å². The summed E-state index contributed by atoms with van der Waals surface area (Å²) in [5.74, 6) is 0.129. The van der Waals surface area contributed by atoms with Gasteiger partial charge in [0, 0.05) is 28.3 Å². The predicted molar refractivity (Wildman–Crippen MR) is 146 cm³/mol. The summed E-state index contributed by atoms with van der Waals surface area (Å²) in [6.07, 6.45) is 1.62. The molecule has 0 radical (unpaired) electrons. The molecule has 2 heterocycles. The van der Waals surface area contributed by atoms with Crippen molar-refractivity contribution in [3.63, 3.8) is 0 Å². The minimum Gasteiger partial charge on any atom is -0.493 e. The van der Waals surface area contributed by atoms with Gasteiger partial charge in [0.05, 0.1) is 30.9 Å². The van der Waals surface area contributed by atoms with Crippen LogP contribution in [0.3, 0.4) is 0 Å². The van der Waals surface area contributed by atoms with Gasteiger partial charge in [-0.2, -0.15) is 0 Å². The molecule has 192 valence electrons. The minimum atomic E-state index is -0.520. The van der Waals surface area contributed by atoms with Gasteiger partial charge in [0.25, 0.3) is 11.8 Å². The Bertz CT molecular complexity index is 1680. The molecule has 0 saturated carbocycles. The molecule has 0 unspecified atom stereocenters. The number of carbonyl (C=O) groups excluding carboxylic acids is 2. The van der Waals surface area contributed by atoms with Crippen LogP contribution in [0.15, 0.2) is 67.0 Å². The highest BCUT2D eigenvalue weighted by atomic mass is 35.5. The first-order valence-electron chi connectivity index (χ1n) is 11.4. The normalized spacial score (nSPS) is 10.8. The van der Waals surface area contributed by atoms with Crippen LogP contribution in [0.4, 0.5) is 0 Å². The fourth-order valence-electron chi connectivity index (χ4n) is 3.91. The second-order valence-corrected chi connectivity index (χ2v) is 9.69. The number of halogens is 1. The molecule has 0 aliphatic heterocycles. The van der Waals surface area contributed by atoms with Gasteiger partial charge in [-0.3, -0.25) is 25.0 Å². The third-order valence-electron chi connectivity index (χ3n) is 5.75. The Morgan fingerprint density at radius 3 is 2.42 bits per heavy atom. The summed E-state index contributed by atoms with van der Waals surface area (Å²) >= 11 is 7.38. The molecular formula is C27H22ClN5O4S. The molecule has 11 heteroatoms. The van der Waals surface area contributed by atoms with Crippen LogP contribution in [-0.2, 0) is 0 Å². The van der Waals surface area contributed by atoms with E-state index in [2.05, 4.69) is 15.8 Å². The van der Waals surface area contributed by atoms with Gasteiger partial charge in [-0.1, -0.05) is 52.8 Å². The van der Waals surface area contributed by atoms with E-state index in [1.165, 1.54) is 0 Å². The van der Waals surface area contributed by atoms with Gasteiger partial charge in [0.2, 0.25) is 0 Å². The highest BCUT2D eigenvalue weighted by molar-refractivity contribution is 7.16. The summed E-state index contributed by atoms with van der Waals surface area (Å²) in [4.78, 5) is 35.4. The first kappa shape index (κ1) is 25.2. The van der Waals surface area contributed by atoms with Crippen molar-refractivity contribution in [2.45, 2.75) is 6.92 Å². The summed E-state index contributed by atoms with van der Waals surface area (Å²) in [7, 11) is 3.11. The van der Waals surface area contributed by atoms with E-state index in [0.29, 0.717) is 49.5 Å². The van der Waals surface area contributed by atoms with Gasteiger partial charge in [-0.25, -0.2) is 9.97 Å². The number of hydrogen-bond donors (Lipinski definition) is 2. The molecule has 0 aliphatic rings. The van der Waals surface area contributed by atoms with Crippen molar-refractivity contribution in [1.29, 1.82) is 0 Å². The van der Waals surface area contributed by atoms with E-state index < -0.39 is 11.8 Å². The molecule has 0 fully saturated rings. The van der Waals surface area contributed by atoms with E-state index >= 15 is 0 Å². The Morgan fingerprint density at radius 1 is 0.947 bits per heavy atom. The lowest BCUT2D eigenvalue weighted by molar-refractivity contribution is 0.0849. The van der Waals surface area contributed by atoms with Crippen molar-refractivity contribution in [3.8, 4) is 27.9 Å². The molecule has 2 amide bonds. The Labute approximate surface area is 227 Å². The van der Waals surface area contributed by atoms with E-state index in [4.69, 9.17) is 26.1 Å². The van der Waals surface area contributed by atoms with Gasteiger partial charge in [-0.15, -0.1) is 0 Å². The van der Waals surface area contributed by atoms with Crippen LogP contribution < -0.4 is 20.3 Å². The van der Waals surface area contributed by atoms with Crippen LogP contribution in [0.1, 0.15) is 25.6 Å². The van der Waals surface area contributed by atoms with E-state index in [0.717, 1.165) is 16.9 Å². The summed E-state index contributed by atoms with van der Waals surface area (Å²) in [6.45, 7) is 1.89. The molecule has 9 nitrogen and oxygen atoms in total. The average Bonchev–Trinajstić information content (AvgIpc) is 3.55. The number of methoxy groups -OCH3 is 2. The predicted octanol–water partition coefficient (Wildman–Crippen LogP) is 5.20. The number of imidazole rings is 1. The first-order valence-corrected chi connectivity index (χ1v) is 12.6. The minimum absolute atomic E-state index is 0.286. The molecule has 0 aliphatic carbocycles. The van der Waals surface area contributed by atoms with Crippen LogP contribution >= 0.6 is 22.9 Å². The number of hydrazine groups is 1. The molecule has 5 aromatic rings. The van der Waals surface area contributed by atoms with Crippen LogP contribution in [-0.4, -0.2) is 40.6 Å². The molecule has 0 atom stereocenters. The highest BCUT2D eigenvalue weighted by Crippen LogP contribution is 2.36. The van der Waals surface area contributed by atoms with E-state index in [1.807, 2.05) is 19.1 Å². The maximum atomic E-state index is 13.3. The lowest BCUT2D eigenvalue weighted by Crippen LogP contribution is -2.41. The van der Waals surface area contributed by atoms with Crippen molar-refractivity contribution in [1.82, 2.24) is 25.4 Å². The Balaban J connectivity index is 1.53. The largest absolute Gasteiger partial charge is 0.493 e. The number of ether oxygens (including phenoxy) is 2. The average molecular weight is 548 g/mol. The Kier molecular flexibility index (Phi) is 6.99. The smallest absolute Gasteiger partial charge is 0.282 e. The number of fused-ring (bicyclic) bond motifs is 1. The van der Waals surface area contributed by atoms with Gasteiger partial charge in [0.15, 0.2) is 16.6 Å². The maximum Gasteiger partial charge on any atom is 0.282 e. The second kappa shape index (κ2) is 10.5. The fraction of sp³-hybridized carbons (Fsp3) is 0.111. The standard InChI is InChI=1S/C27H22ClN5O4S/c1-15-6-4-8-17(10-15)25(34)31-32-26(35)24-23(16-7-5-9-18(28)11-16)30-27(38-24)33-14-29-19-12-21(36-2)22(37-3)13-20(19)33/h4-14H,1-3H3,(H,31,34)(H,32,35). The van der Waals surface area contributed by atoms with Crippen molar-refractivity contribution in [3.05, 3.63) is 88.0 Å². The number of nitrogens with zero attached hydrogens (tertiary/aromatic N) is 3. The number of aryl methyl sites for hydroxylation is 1. The number of carbonyl (C=O) groups is 2. The topological polar surface area (TPSA) is 107 Å². The highest BCUT2D eigenvalue weighted by Gasteiger charge is 2.23. The number of benzene rings is 3. The number of aromatic nitrogens is 3. The Hall–Kier alpha value is -4.41. The monoisotopic (exact) mass is 547 g/mol. The van der Waals surface area contributed by atoms with E-state index in [1.54, 1.807) is 73.6 Å². The molecule has 2 N–H and O–H groups in total. The summed E-state index contributed by atoms with van der Waals surface area (Å²) in [5.41, 5.74) is 8.80. The van der Waals surface area contributed by atoms with Crippen molar-refractivity contribution in [2.75, 3.05) is 14.2 Å². The zero-order valence-electron chi connectivity index (χ0n) is 20.6. The maximum absolute atomic E-state index is 13.3. The number of thiazole rings is 1. The molecule has 38 heavy (non-hydrogen) atoms. The SMILES string of the molecule is COc1cc2ncn(-c3nc(-c4cccc(Cl)c4)c(C(=O)NNC(=O)c4cccc(C)c4)s3)c2cc1OC. The van der Waals surface area contributed by atoms with Crippen LogP contribution in [0, 0.1) is 6.92 Å². The second-order valence-electron chi connectivity index (χ2n) is 8.27. The quantitative estimate of drug-likeness (QED) is 0.283. The van der Waals surface area contributed by atoms with Crippen LogP contribution in [0.25, 0.3) is 27.4 Å². The van der Waals surface area contributed by atoms with Crippen LogP contribution in [0.2, 0.25) is 5.02 Å². The zero-order chi connectivity index (χ0) is 26.8. The molecule has 3 aromatic carbocycles. The molecule has 2 aromatic heterocycles. The number of amides is 2. The Morgan fingerprint density at radius 2 is 1.68 bits per heavy atom. The summed E-state index contributed by atoms with van der Waals surface area (Å²) in [5, 5.41) is 0.992. The van der Waals surface area contributed by atoms with Gasteiger partial charge >= 0.3 is 0 Å². The van der Waals surface area contributed by atoms with Gasteiger partial charge in [0.1, 0.15) is 11.2 Å². The number of nitrogens with one attached hydrogen (secondary N) is 2. The first-order chi connectivity index (χ1) is 18.4. The third kappa shape index (κ3) is 4.91. The lowest BCUT2D eigenvalue weighted by atomic mass is 10.1. The van der Waals surface area contributed by atoms with Gasteiger partial charge < -0.3 is 9.47 Å². The third-order valence-corrected chi connectivity index (χ3v) is 7.04. The van der Waals surface area contributed by atoms with E-state index in [9.17, 15) is 9.59 Å². The van der Waals surface area contributed by atoms with Gasteiger partial charge in [-0.05, 0) is 31.2 Å². The molecule has 0 spiro atoms. The van der Waals surface area contributed by atoms with Crippen molar-refractivity contribution in [2.24, 2.45) is 0 Å². The summed E-state index contributed by atoms with van der Waals surface area (Å²) < 4.78 is 12.6. The van der Waals surface area contributed by atoms with E-state index in [-0.39, 0.29) is 4.88 Å². The lowest BCUT2D eigenvalue weighted by Gasteiger charge is -2.08. The molecule has 0 saturated heterocycles.